The third-order valence-corrected chi connectivity index (χ3v) is 3.51. The number of hydrogen-bond acceptors (Lipinski definition) is 8. The van der Waals surface area contributed by atoms with Crippen molar-refractivity contribution in [2.45, 2.75) is 23.6 Å². The average Bonchev–Trinajstić information content (AvgIpc) is 2.94. The molecule has 108 valence electrons. The number of imidazole rings is 1. The zero-order valence-corrected chi connectivity index (χ0v) is 12.1. The molecule has 0 spiro atoms. The molecule has 0 aromatic carbocycles. The third-order valence-electron chi connectivity index (χ3n) is 2.59. The fourth-order valence-corrected chi connectivity index (χ4v) is 2.60. The Morgan fingerprint density at radius 1 is 1.29 bits per heavy atom. The second-order valence-corrected chi connectivity index (χ2v) is 5.08. The minimum Gasteiger partial charge on any atom is -0.384 e. The van der Waals surface area contributed by atoms with Crippen molar-refractivity contribution in [1.29, 1.82) is 0 Å². The molecule has 0 radical (unpaired) electrons. The van der Waals surface area contributed by atoms with Crippen molar-refractivity contribution in [2.75, 3.05) is 12.3 Å². The maximum absolute atomic E-state index is 5.80. The van der Waals surface area contributed by atoms with Gasteiger partial charge in [0.2, 0.25) is 0 Å². The summed E-state index contributed by atoms with van der Waals surface area (Å²) in [6, 6.07) is 1.70. The summed E-state index contributed by atoms with van der Waals surface area (Å²) in [5, 5.41) is 1.43. The number of nitrogens with one attached hydrogen (secondary N) is 1. The van der Waals surface area contributed by atoms with Crippen molar-refractivity contribution in [1.82, 2.24) is 29.9 Å². The van der Waals surface area contributed by atoms with Gasteiger partial charge in [0, 0.05) is 12.7 Å². The number of hydrogen-bond donors (Lipinski definition) is 2. The summed E-state index contributed by atoms with van der Waals surface area (Å²) in [5.41, 5.74) is 7.19. The second kappa shape index (κ2) is 6.02. The Hall–Kier alpha value is -2.26. The number of nitrogens with zero attached hydrogens (tertiary/aromatic N) is 5. The zero-order chi connectivity index (χ0) is 14.7. The molecule has 0 bridgehead atoms. The number of aromatic amines is 1. The molecule has 0 aliphatic carbocycles. The van der Waals surface area contributed by atoms with Crippen LogP contribution in [0.25, 0.3) is 11.2 Å². The van der Waals surface area contributed by atoms with E-state index in [1.165, 1.54) is 18.1 Å². The quantitative estimate of drug-likeness (QED) is 0.680. The first-order valence-corrected chi connectivity index (χ1v) is 7.11. The molecule has 0 aliphatic heterocycles. The van der Waals surface area contributed by atoms with E-state index in [1.807, 2.05) is 6.92 Å². The van der Waals surface area contributed by atoms with Gasteiger partial charge in [-0.25, -0.2) is 24.9 Å². The van der Waals surface area contributed by atoms with E-state index in [-0.39, 0.29) is 0 Å². The van der Waals surface area contributed by atoms with E-state index in [0.717, 1.165) is 10.5 Å². The normalized spacial score (nSPS) is 11.1. The first-order chi connectivity index (χ1) is 10.3. The van der Waals surface area contributed by atoms with Crippen LogP contribution >= 0.6 is 11.8 Å². The summed E-state index contributed by atoms with van der Waals surface area (Å²) >= 11 is 1.37. The minimum absolute atomic E-state index is 0.332. The Bertz CT molecular complexity index is 760. The number of anilines is 1. The lowest BCUT2D eigenvalue weighted by atomic mass is 10.5. The van der Waals surface area contributed by atoms with Crippen molar-refractivity contribution in [3.05, 3.63) is 24.5 Å². The number of nitrogens with two attached hydrogens (primary N) is 1. The minimum atomic E-state index is 0.332. The van der Waals surface area contributed by atoms with E-state index < -0.39 is 0 Å². The molecule has 0 fully saturated rings. The number of H-pyrrole nitrogens is 1. The van der Waals surface area contributed by atoms with Crippen LogP contribution in [0.15, 0.2) is 28.8 Å². The molecule has 3 rings (SSSR count). The van der Waals surface area contributed by atoms with Crippen molar-refractivity contribution in [3.8, 4) is 0 Å². The second-order valence-electron chi connectivity index (χ2n) is 4.07. The summed E-state index contributed by atoms with van der Waals surface area (Å²) in [5.74, 6) is 0.950. The standard InChI is InChI=1S/C12H13N7OS/c1-2-20-4-8-18-7(13)3-9(19-8)21-12-10-11(15-5-14-10)16-6-17-12/h3,5-6H,2,4H2,1H3,(H2,13,18,19)(H,14,15,16,17). The summed E-state index contributed by atoms with van der Waals surface area (Å²) in [4.78, 5) is 24.0. The largest absolute Gasteiger partial charge is 0.384 e. The van der Waals surface area contributed by atoms with Crippen LogP contribution in [0.3, 0.4) is 0 Å². The average molecular weight is 303 g/mol. The lowest BCUT2D eigenvalue weighted by molar-refractivity contribution is 0.128. The van der Waals surface area contributed by atoms with E-state index in [4.69, 9.17) is 10.5 Å². The highest BCUT2D eigenvalue weighted by Crippen LogP contribution is 2.29. The first kappa shape index (κ1) is 13.7. The fraction of sp³-hybridized carbons (Fsp3) is 0.250. The summed E-state index contributed by atoms with van der Waals surface area (Å²) in [6.07, 6.45) is 3.05. The van der Waals surface area contributed by atoms with Gasteiger partial charge in [-0.15, -0.1) is 0 Å². The lowest BCUT2D eigenvalue weighted by Gasteiger charge is -2.05. The molecule has 3 aromatic heterocycles. The Balaban J connectivity index is 1.90. The Morgan fingerprint density at radius 2 is 2.19 bits per heavy atom. The fourth-order valence-electron chi connectivity index (χ4n) is 1.72. The molecule has 0 amide bonds. The van der Waals surface area contributed by atoms with E-state index in [9.17, 15) is 0 Å². The molecule has 0 saturated heterocycles. The lowest BCUT2D eigenvalue weighted by Crippen LogP contribution is -2.03. The van der Waals surface area contributed by atoms with Crippen LogP contribution in [0, 0.1) is 0 Å². The van der Waals surface area contributed by atoms with E-state index >= 15 is 0 Å². The van der Waals surface area contributed by atoms with Crippen LogP contribution in [0.2, 0.25) is 0 Å². The van der Waals surface area contributed by atoms with Crippen molar-refractivity contribution in [2.24, 2.45) is 0 Å². The zero-order valence-electron chi connectivity index (χ0n) is 11.3. The van der Waals surface area contributed by atoms with Crippen LogP contribution in [-0.2, 0) is 11.3 Å². The van der Waals surface area contributed by atoms with Gasteiger partial charge in [0.05, 0.1) is 6.33 Å². The number of fused-ring (bicyclic) bond motifs is 1. The van der Waals surface area contributed by atoms with Crippen LogP contribution < -0.4 is 5.73 Å². The molecule has 3 N–H and O–H groups in total. The number of rotatable bonds is 5. The van der Waals surface area contributed by atoms with Gasteiger partial charge in [-0.05, 0) is 18.7 Å². The molecule has 3 heterocycles. The van der Waals surface area contributed by atoms with Crippen LogP contribution in [0.4, 0.5) is 5.82 Å². The molecular formula is C12H13N7OS. The third kappa shape index (κ3) is 3.09. The smallest absolute Gasteiger partial charge is 0.181 e. The molecule has 3 aromatic rings. The molecule has 0 atom stereocenters. The van der Waals surface area contributed by atoms with Crippen LogP contribution in [0.5, 0.6) is 0 Å². The predicted octanol–water partition coefficient (Wildman–Crippen LogP) is 1.41. The van der Waals surface area contributed by atoms with Gasteiger partial charge in [0.25, 0.3) is 0 Å². The topological polar surface area (TPSA) is 115 Å². The van der Waals surface area contributed by atoms with Crippen molar-refractivity contribution in [3.63, 3.8) is 0 Å². The molecule has 8 nitrogen and oxygen atoms in total. The molecule has 9 heteroatoms. The van der Waals surface area contributed by atoms with Gasteiger partial charge < -0.3 is 15.5 Å². The predicted molar refractivity (Wildman–Crippen MR) is 77.6 cm³/mol. The molecule has 0 saturated carbocycles. The highest BCUT2D eigenvalue weighted by atomic mass is 32.2. The highest BCUT2D eigenvalue weighted by Gasteiger charge is 2.10. The first-order valence-electron chi connectivity index (χ1n) is 6.29. The summed E-state index contributed by atoms with van der Waals surface area (Å²) in [6.45, 7) is 2.84. The van der Waals surface area contributed by atoms with Gasteiger partial charge in [-0.3, -0.25) is 0 Å². The van der Waals surface area contributed by atoms with Gasteiger partial charge in [0.1, 0.15) is 34.3 Å². The summed E-state index contributed by atoms with van der Waals surface area (Å²) < 4.78 is 5.31. The van der Waals surface area contributed by atoms with Crippen LogP contribution in [-0.4, -0.2) is 36.5 Å². The van der Waals surface area contributed by atoms with Gasteiger partial charge >= 0.3 is 0 Å². The Labute approximate surface area is 124 Å². The van der Waals surface area contributed by atoms with Crippen LogP contribution in [0.1, 0.15) is 12.7 Å². The van der Waals surface area contributed by atoms with E-state index in [2.05, 4.69) is 29.9 Å². The number of nitrogen functional groups attached to an aromatic ring is 1. The SMILES string of the molecule is CCOCc1nc(N)cc(Sc2ncnc3nc[nH]c23)n1. The molecule has 0 aliphatic rings. The van der Waals surface area contributed by atoms with Gasteiger partial charge in [-0.2, -0.15) is 0 Å². The maximum Gasteiger partial charge on any atom is 0.181 e. The Morgan fingerprint density at radius 3 is 3.05 bits per heavy atom. The van der Waals surface area contributed by atoms with Crippen molar-refractivity contribution < 1.29 is 4.74 Å². The number of ether oxygens (including phenoxy) is 1. The maximum atomic E-state index is 5.80. The van der Waals surface area contributed by atoms with Gasteiger partial charge in [0.15, 0.2) is 11.5 Å². The van der Waals surface area contributed by atoms with E-state index in [1.54, 1.807) is 12.4 Å². The highest BCUT2D eigenvalue weighted by molar-refractivity contribution is 7.99. The van der Waals surface area contributed by atoms with Gasteiger partial charge in [-0.1, -0.05) is 0 Å². The Kier molecular flexibility index (Phi) is 3.93. The number of aromatic nitrogens is 6. The van der Waals surface area contributed by atoms with Crippen molar-refractivity contribution >= 4 is 28.7 Å². The van der Waals surface area contributed by atoms with E-state index in [0.29, 0.717) is 35.5 Å². The molecular weight excluding hydrogens is 290 g/mol. The summed E-state index contributed by atoms with van der Waals surface area (Å²) in [7, 11) is 0. The molecule has 21 heavy (non-hydrogen) atoms. The molecule has 0 unspecified atom stereocenters. The monoisotopic (exact) mass is 303 g/mol.